The summed E-state index contributed by atoms with van der Waals surface area (Å²) in [6.07, 6.45) is 4.95. The van der Waals surface area contributed by atoms with Gasteiger partial charge in [0.1, 0.15) is 18.3 Å². The number of nitrogens with zero attached hydrogens (tertiary/aromatic N) is 3. The molecule has 1 aliphatic carbocycles. The van der Waals surface area contributed by atoms with E-state index in [9.17, 15) is 5.53 Å². The Hall–Kier alpha value is -4.01. The third-order valence-corrected chi connectivity index (χ3v) is 9.35. The number of unbranched alkanes of at least 4 members (excludes halogenated alkanes) is 6. The SMILES string of the molecule is CCCCCCCCCO[C@H]1[C@@H](N=[N+]=[N-])[C@H](OCc2ccccc2)[C@@H](OCc2ccccc2)[C@H](OCc2ccccc2)[C@H]1OCc1ccccc1. The molecule has 5 rings (SSSR count). The van der Waals surface area contributed by atoms with Crippen molar-refractivity contribution in [2.75, 3.05) is 6.61 Å². The lowest BCUT2D eigenvalue weighted by Crippen LogP contribution is -2.66. The molecule has 1 saturated carbocycles. The molecule has 0 N–H and O–H groups in total. The number of azide groups is 1. The van der Waals surface area contributed by atoms with Crippen LogP contribution >= 0.6 is 0 Å². The van der Waals surface area contributed by atoms with Gasteiger partial charge in [0, 0.05) is 11.5 Å². The summed E-state index contributed by atoms with van der Waals surface area (Å²) in [5.74, 6) is 0. The molecule has 51 heavy (non-hydrogen) atoms. The Morgan fingerprint density at radius 1 is 0.451 bits per heavy atom. The van der Waals surface area contributed by atoms with E-state index in [-0.39, 0.29) is 0 Å². The van der Waals surface area contributed by atoms with Crippen LogP contribution in [-0.4, -0.2) is 43.2 Å². The second-order valence-corrected chi connectivity index (χ2v) is 13.2. The van der Waals surface area contributed by atoms with Gasteiger partial charge in [-0.25, -0.2) is 0 Å². The standard InChI is InChI=1S/C43H53N3O5/c1-2-3-4-5-6-7-20-29-47-39-38(45-46-44)40(48-30-34-21-12-8-13-22-34)42(50-32-36-25-16-10-17-26-36)43(51-33-37-27-18-11-19-28-37)41(39)49-31-35-23-14-9-15-24-35/h8-19,21-28,38-43H,2-7,20,29-33H2,1H3/t38-,39+,40+,41+,42-,43-/m1/s1. The van der Waals surface area contributed by atoms with Crippen molar-refractivity contribution in [1.82, 2.24) is 0 Å². The summed E-state index contributed by atoms with van der Waals surface area (Å²) in [5, 5.41) is 4.39. The first kappa shape index (κ1) is 38.2. The molecular formula is C43H53N3O5. The molecule has 0 radical (unpaired) electrons. The summed E-state index contributed by atoms with van der Waals surface area (Å²) < 4.78 is 33.9. The average molecular weight is 692 g/mol. The van der Waals surface area contributed by atoms with Crippen LogP contribution in [0.1, 0.15) is 74.1 Å². The molecule has 0 unspecified atom stereocenters. The topological polar surface area (TPSA) is 94.9 Å². The fourth-order valence-electron chi connectivity index (χ4n) is 6.63. The van der Waals surface area contributed by atoms with Crippen molar-refractivity contribution in [2.24, 2.45) is 5.11 Å². The van der Waals surface area contributed by atoms with E-state index in [1.807, 2.05) is 121 Å². The molecule has 0 heterocycles. The predicted octanol–water partition coefficient (Wildman–Crippen LogP) is 10.2. The van der Waals surface area contributed by atoms with Gasteiger partial charge in [0.15, 0.2) is 0 Å². The Morgan fingerprint density at radius 2 is 0.784 bits per heavy atom. The van der Waals surface area contributed by atoms with Crippen LogP contribution in [0, 0.1) is 0 Å². The Balaban J connectivity index is 1.48. The fourth-order valence-corrected chi connectivity index (χ4v) is 6.63. The maximum Gasteiger partial charge on any atom is 0.115 e. The van der Waals surface area contributed by atoms with Gasteiger partial charge in [0.2, 0.25) is 0 Å². The van der Waals surface area contributed by atoms with Crippen LogP contribution in [0.4, 0.5) is 0 Å². The van der Waals surface area contributed by atoms with Gasteiger partial charge in [0.25, 0.3) is 0 Å². The van der Waals surface area contributed by atoms with Gasteiger partial charge >= 0.3 is 0 Å². The molecule has 1 fully saturated rings. The first-order chi connectivity index (χ1) is 25.3. The number of ether oxygens (including phenoxy) is 5. The highest BCUT2D eigenvalue weighted by Crippen LogP contribution is 2.36. The molecule has 1 aliphatic rings. The summed E-state index contributed by atoms with van der Waals surface area (Å²) in [4.78, 5) is 3.34. The van der Waals surface area contributed by atoms with Gasteiger partial charge in [-0.2, -0.15) is 0 Å². The number of rotatable bonds is 22. The van der Waals surface area contributed by atoms with Crippen molar-refractivity contribution in [2.45, 2.75) is 115 Å². The van der Waals surface area contributed by atoms with E-state index >= 15 is 0 Å². The molecule has 0 bridgehead atoms. The van der Waals surface area contributed by atoms with Crippen molar-refractivity contribution >= 4 is 0 Å². The number of benzene rings is 4. The highest BCUT2D eigenvalue weighted by molar-refractivity contribution is 5.18. The van der Waals surface area contributed by atoms with Gasteiger partial charge in [-0.3, -0.25) is 0 Å². The van der Waals surface area contributed by atoms with Crippen LogP contribution in [0.3, 0.4) is 0 Å². The predicted molar refractivity (Wildman–Crippen MR) is 201 cm³/mol. The zero-order chi connectivity index (χ0) is 35.4. The second-order valence-electron chi connectivity index (χ2n) is 13.2. The van der Waals surface area contributed by atoms with E-state index in [4.69, 9.17) is 23.7 Å². The van der Waals surface area contributed by atoms with E-state index in [2.05, 4.69) is 16.9 Å². The Kier molecular flexibility index (Phi) is 16.5. The van der Waals surface area contributed by atoms with Crippen LogP contribution in [-0.2, 0) is 50.1 Å². The van der Waals surface area contributed by atoms with E-state index in [0.29, 0.717) is 33.0 Å². The molecule has 270 valence electrons. The van der Waals surface area contributed by atoms with Crippen molar-refractivity contribution in [3.05, 3.63) is 154 Å². The minimum atomic E-state index is -0.735. The van der Waals surface area contributed by atoms with Crippen LogP contribution < -0.4 is 0 Å². The molecule has 0 saturated heterocycles. The summed E-state index contributed by atoms with van der Waals surface area (Å²) in [6.45, 7) is 4.04. The molecule has 8 nitrogen and oxygen atoms in total. The lowest BCUT2D eigenvalue weighted by Gasteiger charge is -2.49. The first-order valence-corrected chi connectivity index (χ1v) is 18.5. The van der Waals surface area contributed by atoms with E-state index in [1.54, 1.807) is 0 Å². The fraction of sp³-hybridized carbons (Fsp3) is 0.442. The zero-order valence-corrected chi connectivity index (χ0v) is 29.9. The Morgan fingerprint density at radius 3 is 1.18 bits per heavy atom. The van der Waals surface area contributed by atoms with Gasteiger partial charge < -0.3 is 23.7 Å². The molecule has 0 aliphatic heterocycles. The van der Waals surface area contributed by atoms with Crippen molar-refractivity contribution < 1.29 is 23.7 Å². The highest BCUT2D eigenvalue weighted by atomic mass is 16.6. The zero-order valence-electron chi connectivity index (χ0n) is 29.9. The molecule has 0 aromatic heterocycles. The monoisotopic (exact) mass is 691 g/mol. The molecule has 4 aromatic rings. The van der Waals surface area contributed by atoms with Crippen LogP contribution in [0.2, 0.25) is 0 Å². The summed E-state index contributed by atoms with van der Waals surface area (Å²) in [6, 6.07) is 39.5. The van der Waals surface area contributed by atoms with Crippen LogP contribution in [0.15, 0.2) is 126 Å². The second kappa shape index (κ2) is 22.0. The third-order valence-electron chi connectivity index (χ3n) is 9.35. The minimum absolute atomic E-state index is 0.305. The highest BCUT2D eigenvalue weighted by Gasteiger charge is 2.54. The third kappa shape index (κ3) is 12.3. The van der Waals surface area contributed by atoms with E-state index < -0.39 is 36.6 Å². The maximum absolute atomic E-state index is 9.99. The van der Waals surface area contributed by atoms with Gasteiger partial charge in [0.05, 0.1) is 44.7 Å². The summed E-state index contributed by atoms with van der Waals surface area (Å²) in [7, 11) is 0. The minimum Gasteiger partial charge on any atom is -0.375 e. The smallest absolute Gasteiger partial charge is 0.115 e. The average Bonchev–Trinajstić information content (AvgIpc) is 3.18. The number of hydrogen-bond acceptors (Lipinski definition) is 6. The molecule has 0 amide bonds. The largest absolute Gasteiger partial charge is 0.375 e. The maximum atomic E-state index is 9.99. The molecule has 6 atom stereocenters. The lowest BCUT2D eigenvalue weighted by atomic mass is 9.82. The van der Waals surface area contributed by atoms with Crippen LogP contribution in [0.25, 0.3) is 10.4 Å². The van der Waals surface area contributed by atoms with Crippen molar-refractivity contribution in [3.63, 3.8) is 0 Å². The lowest BCUT2D eigenvalue weighted by molar-refractivity contribution is -0.254. The summed E-state index contributed by atoms with van der Waals surface area (Å²) in [5.41, 5.74) is 14.1. The Labute approximate surface area is 303 Å². The van der Waals surface area contributed by atoms with Gasteiger partial charge in [-0.1, -0.05) is 172 Å². The number of hydrogen-bond donors (Lipinski definition) is 0. The van der Waals surface area contributed by atoms with Crippen molar-refractivity contribution in [1.29, 1.82) is 0 Å². The normalized spacial score (nSPS) is 21.6. The molecule has 0 spiro atoms. The quantitative estimate of drug-likeness (QED) is 0.0354. The van der Waals surface area contributed by atoms with Gasteiger partial charge in [-0.15, -0.1) is 0 Å². The molecular weight excluding hydrogens is 638 g/mol. The summed E-state index contributed by atoms with van der Waals surface area (Å²) >= 11 is 0. The molecule has 8 heteroatoms. The van der Waals surface area contributed by atoms with Crippen LogP contribution in [0.5, 0.6) is 0 Å². The van der Waals surface area contributed by atoms with E-state index in [0.717, 1.165) is 35.1 Å². The Bertz CT molecular complexity index is 1540. The molecule has 4 aromatic carbocycles. The first-order valence-electron chi connectivity index (χ1n) is 18.5. The van der Waals surface area contributed by atoms with Crippen molar-refractivity contribution in [3.8, 4) is 0 Å². The van der Waals surface area contributed by atoms with Gasteiger partial charge in [-0.05, 0) is 34.2 Å². The van der Waals surface area contributed by atoms with E-state index in [1.165, 1.54) is 32.1 Å².